The fraction of sp³-hybridized carbons (Fsp3) is 0.0714. The van der Waals surface area contributed by atoms with Gasteiger partial charge in [0.2, 0.25) is 0 Å². The van der Waals surface area contributed by atoms with E-state index in [0.29, 0.717) is 11.3 Å². The third-order valence-electron chi connectivity index (χ3n) is 2.62. The van der Waals surface area contributed by atoms with Crippen molar-refractivity contribution in [2.45, 2.75) is 6.54 Å². The molecule has 0 spiro atoms. The highest BCUT2D eigenvalue weighted by molar-refractivity contribution is 5.87. The average Bonchev–Trinajstić information content (AvgIpc) is 2.37. The van der Waals surface area contributed by atoms with Crippen LogP contribution in [-0.2, 0) is 6.54 Å². The van der Waals surface area contributed by atoms with E-state index in [2.05, 4.69) is 5.32 Å². The molecule has 0 radical (unpaired) electrons. The zero-order valence-electron chi connectivity index (χ0n) is 9.86. The lowest BCUT2D eigenvalue weighted by atomic mass is 10.1. The van der Waals surface area contributed by atoms with Gasteiger partial charge in [-0.3, -0.25) is 0 Å². The molecule has 0 bridgehead atoms. The van der Waals surface area contributed by atoms with Crippen LogP contribution >= 0.6 is 0 Å². The first-order valence-electron chi connectivity index (χ1n) is 5.58. The van der Waals surface area contributed by atoms with Gasteiger partial charge in [-0.1, -0.05) is 18.2 Å². The highest BCUT2D eigenvalue weighted by Gasteiger charge is 2.10. The van der Waals surface area contributed by atoms with Crippen molar-refractivity contribution in [3.8, 4) is 0 Å². The summed E-state index contributed by atoms with van der Waals surface area (Å²) in [5, 5.41) is 11.5. The van der Waals surface area contributed by atoms with Crippen LogP contribution in [0.4, 0.5) is 14.5 Å². The van der Waals surface area contributed by atoms with Crippen molar-refractivity contribution in [3.63, 3.8) is 0 Å². The molecule has 2 rings (SSSR count). The minimum absolute atomic E-state index is 0.206. The summed E-state index contributed by atoms with van der Waals surface area (Å²) in [5.41, 5.74) is 0.464. The Balaban J connectivity index is 2.11. The van der Waals surface area contributed by atoms with Gasteiger partial charge in [-0.2, -0.15) is 0 Å². The maximum absolute atomic E-state index is 13.4. The molecule has 3 nitrogen and oxygen atoms in total. The van der Waals surface area contributed by atoms with Gasteiger partial charge in [0.25, 0.3) is 0 Å². The summed E-state index contributed by atoms with van der Waals surface area (Å²) in [5.74, 6) is -2.52. The van der Waals surface area contributed by atoms with Crippen LogP contribution in [0.1, 0.15) is 15.9 Å². The first-order valence-corrected chi connectivity index (χ1v) is 5.58. The standard InChI is InChI=1S/C14H11F2NO2/c15-11-3-1-2-4-13(11)17-8-9-5-6-10(14(18)19)12(16)7-9/h1-7,17H,8H2,(H,18,19). The van der Waals surface area contributed by atoms with Crippen LogP contribution in [0.15, 0.2) is 42.5 Å². The predicted octanol–water partition coefficient (Wildman–Crippen LogP) is 3.28. The molecule has 2 aromatic carbocycles. The molecular formula is C14H11F2NO2. The maximum Gasteiger partial charge on any atom is 0.338 e. The number of aromatic carboxylic acids is 1. The monoisotopic (exact) mass is 263 g/mol. The Morgan fingerprint density at radius 1 is 1.11 bits per heavy atom. The van der Waals surface area contributed by atoms with Crippen LogP contribution in [0.25, 0.3) is 0 Å². The van der Waals surface area contributed by atoms with Gasteiger partial charge < -0.3 is 10.4 Å². The third kappa shape index (κ3) is 3.07. The third-order valence-corrected chi connectivity index (χ3v) is 2.62. The topological polar surface area (TPSA) is 49.3 Å². The number of nitrogens with one attached hydrogen (secondary N) is 1. The normalized spacial score (nSPS) is 10.2. The minimum atomic E-state index is -1.31. The molecule has 0 saturated carbocycles. The van der Waals surface area contributed by atoms with E-state index in [-0.39, 0.29) is 12.1 Å². The van der Waals surface area contributed by atoms with Gasteiger partial charge in [0.05, 0.1) is 11.3 Å². The Labute approximate surface area is 108 Å². The van der Waals surface area contributed by atoms with Gasteiger partial charge in [0, 0.05) is 6.54 Å². The number of hydrogen-bond acceptors (Lipinski definition) is 2. The Morgan fingerprint density at radius 3 is 2.47 bits per heavy atom. The average molecular weight is 263 g/mol. The summed E-state index contributed by atoms with van der Waals surface area (Å²) < 4.78 is 26.8. The van der Waals surface area contributed by atoms with Crippen molar-refractivity contribution in [1.82, 2.24) is 0 Å². The second-order valence-electron chi connectivity index (χ2n) is 3.95. The summed E-state index contributed by atoms with van der Waals surface area (Å²) in [6.07, 6.45) is 0. The number of para-hydroxylation sites is 1. The first-order chi connectivity index (χ1) is 9.08. The molecule has 98 valence electrons. The zero-order chi connectivity index (χ0) is 13.8. The van der Waals surface area contributed by atoms with E-state index in [4.69, 9.17) is 5.11 Å². The molecule has 0 aromatic heterocycles. The van der Waals surface area contributed by atoms with E-state index >= 15 is 0 Å². The van der Waals surface area contributed by atoms with E-state index in [1.165, 1.54) is 18.2 Å². The SMILES string of the molecule is O=C(O)c1ccc(CNc2ccccc2F)cc1F. The van der Waals surface area contributed by atoms with E-state index in [1.807, 2.05) is 0 Å². The Bertz CT molecular complexity index is 614. The zero-order valence-corrected chi connectivity index (χ0v) is 9.86. The van der Waals surface area contributed by atoms with Crippen LogP contribution in [0.3, 0.4) is 0 Å². The van der Waals surface area contributed by atoms with Gasteiger partial charge in [0.15, 0.2) is 0 Å². The van der Waals surface area contributed by atoms with Gasteiger partial charge in [-0.25, -0.2) is 13.6 Å². The minimum Gasteiger partial charge on any atom is -0.478 e. The van der Waals surface area contributed by atoms with Crippen LogP contribution in [-0.4, -0.2) is 11.1 Å². The van der Waals surface area contributed by atoms with Crippen molar-refractivity contribution < 1.29 is 18.7 Å². The van der Waals surface area contributed by atoms with Crippen LogP contribution < -0.4 is 5.32 Å². The van der Waals surface area contributed by atoms with E-state index < -0.39 is 17.6 Å². The fourth-order valence-corrected chi connectivity index (χ4v) is 1.64. The number of benzene rings is 2. The molecule has 5 heteroatoms. The van der Waals surface area contributed by atoms with Crippen molar-refractivity contribution >= 4 is 11.7 Å². The van der Waals surface area contributed by atoms with Gasteiger partial charge in [0.1, 0.15) is 11.6 Å². The number of anilines is 1. The molecule has 0 unspecified atom stereocenters. The largest absolute Gasteiger partial charge is 0.478 e. The summed E-state index contributed by atoms with van der Waals surface area (Å²) in [7, 11) is 0. The predicted molar refractivity (Wildman–Crippen MR) is 67.1 cm³/mol. The quantitative estimate of drug-likeness (QED) is 0.890. The highest BCUT2D eigenvalue weighted by Crippen LogP contribution is 2.15. The van der Waals surface area contributed by atoms with E-state index in [9.17, 15) is 13.6 Å². The summed E-state index contributed by atoms with van der Waals surface area (Å²) in [4.78, 5) is 10.7. The lowest BCUT2D eigenvalue weighted by molar-refractivity contribution is 0.0692. The summed E-state index contributed by atoms with van der Waals surface area (Å²) in [6.45, 7) is 0.206. The molecular weight excluding hydrogens is 252 g/mol. The number of carbonyl (C=O) groups is 1. The van der Waals surface area contributed by atoms with Crippen LogP contribution in [0.2, 0.25) is 0 Å². The Morgan fingerprint density at radius 2 is 1.84 bits per heavy atom. The van der Waals surface area contributed by atoms with Crippen LogP contribution in [0.5, 0.6) is 0 Å². The van der Waals surface area contributed by atoms with Gasteiger partial charge >= 0.3 is 5.97 Å². The Hall–Kier alpha value is -2.43. The lowest BCUT2D eigenvalue weighted by Gasteiger charge is -2.08. The van der Waals surface area contributed by atoms with E-state index in [0.717, 1.165) is 6.07 Å². The lowest BCUT2D eigenvalue weighted by Crippen LogP contribution is -2.05. The molecule has 0 saturated heterocycles. The van der Waals surface area contributed by atoms with Crippen LogP contribution in [0, 0.1) is 11.6 Å². The fourth-order valence-electron chi connectivity index (χ4n) is 1.64. The Kier molecular flexibility index (Phi) is 3.75. The van der Waals surface area contributed by atoms with Gasteiger partial charge in [-0.05, 0) is 29.8 Å². The number of halogens is 2. The van der Waals surface area contributed by atoms with Gasteiger partial charge in [-0.15, -0.1) is 0 Å². The molecule has 19 heavy (non-hydrogen) atoms. The molecule has 0 aliphatic heterocycles. The molecule has 0 atom stereocenters. The second kappa shape index (κ2) is 5.48. The molecule has 0 fully saturated rings. The molecule has 0 heterocycles. The highest BCUT2D eigenvalue weighted by atomic mass is 19.1. The molecule has 0 aliphatic rings. The number of rotatable bonds is 4. The smallest absolute Gasteiger partial charge is 0.338 e. The molecule has 2 aromatic rings. The first kappa shape index (κ1) is 13.0. The van der Waals surface area contributed by atoms with Crippen molar-refractivity contribution in [2.24, 2.45) is 0 Å². The van der Waals surface area contributed by atoms with Crippen molar-refractivity contribution in [2.75, 3.05) is 5.32 Å². The summed E-state index contributed by atoms with van der Waals surface area (Å²) in [6, 6.07) is 9.93. The maximum atomic E-state index is 13.4. The number of carboxylic acid groups (broad SMARTS) is 1. The summed E-state index contributed by atoms with van der Waals surface area (Å²) >= 11 is 0. The second-order valence-corrected chi connectivity index (χ2v) is 3.95. The van der Waals surface area contributed by atoms with Crippen molar-refractivity contribution in [1.29, 1.82) is 0 Å². The molecule has 0 aliphatic carbocycles. The van der Waals surface area contributed by atoms with E-state index in [1.54, 1.807) is 18.2 Å². The van der Waals surface area contributed by atoms with Crippen molar-refractivity contribution in [3.05, 3.63) is 65.2 Å². The molecule has 0 amide bonds. The number of carboxylic acids is 1. The number of hydrogen-bond donors (Lipinski definition) is 2. The molecule has 2 N–H and O–H groups in total.